The van der Waals surface area contributed by atoms with E-state index in [1.54, 1.807) is 0 Å². The van der Waals surface area contributed by atoms with Crippen LogP contribution in [0.25, 0.3) is 0 Å². The second-order valence-electron chi connectivity index (χ2n) is 7.16. The lowest BCUT2D eigenvalue weighted by Gasteiger charge is -2.26. The van der Waals surface area contributed by atoms with Crippen molar-refractivity contribution in [1.82, 2.24) is 0 Å². The molecule has 1 aromatic rings. The maximum absolute atomic E-state index is 13.0. The molecule has 2 saturated carbocycles. The molecule has 2 bridgehead atoms. The molecule has 6 atom stereocenters. The third-order valence-electron chi connectivity index (χ3n) is 5.65. The van der Waals surface area contributed by atoms with Gasteiger partial charge in [0.15, 0.2) is 6.61 Å². The fourth-order valence-corrected chi connectivity index (χ4v) is 5.60. The van der Waals surface area contributed by atoms with E-state index in [4.69, 9.17) is 9.47 Å². The van der Waals surface area contributed by atoms with Crippen LogP contribution in [0.1, 0.15) is 12.0 Å². The number of para-hydroxylation sites is 1. The normalized spacial score (nSPS) is 32.9. The first kappa shape index (κ1) is 19.2. The van der Waals surface area contributed by atoms with E-state index in [0.717, 1.165) is 12.1 Å². The second kappa shape index (κ2) is 6.75. The van der Waals surface area contributed by atoms with Crippen LogP contribution < -0.4 is 5.32 Å². The third-order valence-corrected chi connectivity index (χ3v) is 6.85. The number of esters is 2. The summed E-state index contributed by atoms with van der Waals surface area (Å²) in [6, 6.07) is 4.51. The molecule has 2 aliphatic carbocycles. The predicted octanol–water partition coefficient (Wildman–Crippen LogP) is 2.76. The molecular weight excluding hydrogens is 447 g/mol. The molecule has 1 amide bonds. The minimum atomic E-state index is -4.63. The van der Waals surface area contributed by atoms with Crippen molar-refractivity contribution in [3.8, 4) is 0 Å². The number of benzene rings is 1. The Morgan fingerprint density at radius 1 is 1.25 bits per heavy atom. The molecule has 3 fully saturated rings. The Morgan fingerprint density at radius 3 is 2.68 bits per heavy atom. The molecule has 1 aliphatic heterocycles. The van der Waals surface area contributed by atoms with E-state index in [-0.39, 0.29) is 22.8 Å². The molecule has 1 aromatic carbocycles. The van der Waals surface area contributed by atoms with Gasteiger partial charge in [-0.1, -0.05) is 28.1 Å². The van der Waals surface area contributed by atoms with Gasteiger partial charge in [0, 0.05) is 5.92 Å². The Hall–Kier alpha value is -2.10. The van der Waals surface area contributed by atoms with Crippen LogP contribution in [0.15, 0.2) is 24.3 Å². The van der Waals surface area contributed by atoms with Gasteiger partial charge >= 0.3 is 18.1 Å². The molecule has 4 rings (SSSR count). The Balaban J connectivity index is 1.39. The highest BCUT2D eigenvalue weighted by Gasteiger charge is 2.68. The minimum Gasteiger partial charge on any atom is -0.461 e. The van der Waals surface area contributed by atoms with Crippen molar-refractivity contribution < 1.29 is 37.0 Å². The predicted molar refractivity (Wildman–Crippen MR) is 92.2 cm³/mol. The molecule has 150 valence electrons. The van der Waals surface area contributed by atoms with Gasteiger partial charge in [0.2, 0.25) is 0 Å². The van der Waals surface area contributed by atoms with Gasteiger partial charge in [-0.2, -0.15) is 13.2 Å². The van der Waals surface area contributed by atoms with Crippen molar-refractivity contribution in [2.24, 2.45) is 23.7 Å². The van der Waals surface area contributed by atoms with E-state index >= 15 is 0 Å². The van der Waals surface area contributed by atoms with E-state index in [1.807, 2.05) is 0 Å². The van der Waals surface area contributed by atoms with E-state index < -0.39 is 53.7 Å². The van der Waals surface area contributed by atoms with E-state index in [1.165, 1.54) is 12.1 Å². The lowest BCUT2D eigenvalue weighted by molar-refractivity contribution is -0.157. The first-order chi connectivity index (χ1) is 13.2. The molecule has 1 N–H and O–H groups in total. The zero-order valence-electron chi connectivity index (χ0n) is 14.2. The van der Waals surface area contributed by atoms with Gasteiger partial charge in [0.25, 0.3) is 5.91 Å². The number of halogens is 4. The molecule has 10 heteroatoms. The highest BCUT2D eigenvalue weighted by atomic mass is 79.9. The largest absolute Gasteiger partial charge is 0.461 e. The number of nitrogens with one attached hydrogen (secondary N) is 1. The highest BCUT2D eigenvalue weighted by Crippen LogP contribution is 2.60. The Labute approximate surface area is 165 Å². The number of hydrogen-bond donors (Lipinski definition) is 1. The van der Waals surface area contributed by atoms with Gasteiger partial charge in [-0.05, 0) is 24.5 Å². The third kappa shape index (κ3) is 3.07. The van der Waals surface area contributed by atoms with Gasteiger partial charge in [0.05, 0.1) is 27.9 Å². The van der Waals surface area contributed by atoms with Crippen LogP contribution >= 0.6 is 15.9 Å². The molecule has 1 saturated heterocycles. The Kier molecular flexibility index (Phi) is 4.64. The van der Waals surface area contributed by atoms with Crippen molar-refractivity contribution in [2.45, 2.75) is 23.5 Å². The first-order valence-electron chi connectivity index (χ1n) is 8.65. The molecule has 1 heterocycles. The van der Waals surface area contributed by atoms with Gasteiger partial charge in [-0.15, -0.1) is 0 Å². The summed E-state index contributed by atoms with van der Waals surface area (Å²) in [4.78, 5) is 36.4. The number of amides is 1. The average molecular weight is 462 g/mol. The van der Waals surface area contributed by atoms with E-state index in [0.29, 0.717) is 6.42 Å². The quantitative estimate of drug-likeness (QED) is 0.550. The summed E-state index contributed by atoms with van der Waals surface area (Å²) in [7, 11) is 0. The van der Waals surface area contributed by atoms with Crippen molar-refractivity contribution >= 4 is 39.5 Å². The zero-order valence-corrected chi connectivity index (χ0v) is 15.8. The first-order valence-corrected chi connectivity index (χ1v) is 9.57. The maximum Gasteiger partial charge on any atom is 0.418 e. The van der Waals surface area contributed by atoms with Crippen LogP contribution in [0.4, 0.5) is 18.9 Å². The van der Waals surface area contributed by atoms with Gasteiger partial charge in [-0.3, -0.25) is 14.4 Å². The summed E-state index contributed by atoms with van der Waals surface area (Å²) in [5.74, 6) is -3.51. The minimum absolute atomic E-state index is 0.0492. The Bertz CT molecular complexity index is 845. The summed E-state index contributed by atoms with van der Waals surface area (Å²) in [5.41, 5.74) is -1.41. The number of alkyl halides is 4. The summed E-state index contributed by atoms with van der Waals surface area (Å²) in [6.07, 6.45) is -4.22. The molecule has 3 aliphatic rings. The standard InChI is InChI=1S/C18H15BrF3NO5/c19-14-7-5-8-13(17(26)28-15(8)14)12(7)16(25)27-6-11(24)23-10-4-2-1-3-9(10)18(20,21)22/h1-4,7-8,12-15H,5-6H2,(H,23,24)/t7-,8-,12-,13-,14+,15+/m1/s1. The molecule has 0 aromatic heterocycles. The second-order valence-corrected chi connectivity index (χ2v) is 8.22. The summed E-state index contributed by atoms with van der Waals surface area (Å²) < 4.78 is 49.3. The summed E-state index contributed by atoms with van der Waals surface area (Å²) in [6.45, 7) is -0.739. The SMILES string of the molecule is O=C(COC(=O)[C@@H]1[C@H]2C[C@H]3[C@H](OC(=O)[C@H]31)[C@H]2Br)Nc1ccccc1C(F)(F)F. The highest BCUT2D eigenvalue weighted by molar-refractivity contribution is 9.09. The maximum atomic E-state index is 13.0. The number of fused-ring (bicyclic) bond motifs is 1. The van der Waals surface area contributed by atoms with Crippen molar-refractivity contribution in [2.75, 3.05) is 11.9 Å². The molecule has 6 nitrogen and oxygen atoms in total. The number of ether oxygens (including phenoxy) is 2. The number of rotatable bonds is 4. The topological polar surface area (TPSA) is 81.7 Å². The summed E-state index contributed by atoms with van der Waals surface area (Å²) >= 11 is 3.46. The smallest absolute Gasteiger partial charge is 0.418 e. The van der Waals surface area contributed by atoms with Gasteiger partial charge < -0.3 is 14.8 Å². The lowest BCUT2D eigenvalue weighted by atomic mass is 9.80. The van der Waals surface area contributed by atoms with Crippen molar-refractivity contribution in [3.05, 3.63) is 29.8 Å². The fourth-order valence-electron chi connectivity index (χ4n) is 4.55. The lowest BCUT2D eigenvalue weighted by Crippen LogP contribution is -2.39. The zero-order chi connectivity index (χ0) is 20.2. The number of anilines is 1. The number of carbonyl (C=O) groups excluding carboxylic acids is 3. The molecular formula is C18H15BrF3NO5. The molecule has 0 unspecified atom stereocenters. The molecule has 0 radical (unpaired) electrons. The van der Waals surface area contributed by atoms with Gasteiger partial charge in [-0.25, -0.2) is 0 Å². The van der Waals surface area contributed by atoms with Crippen LogP contribution in [-0.4, -0.2) is 35.4 Å². The molecule has 28 heavy (non-hydrogen) atoms. The average Bonchev–Trinajstić information content (AvgIpc) is 3.23. The fraction of sp³-hybridized carbons (Fsp3) is 0.500. The summed E-state index contributed by atoms with van der Waals surface area (Å²) in [5, 5.41) is 2.11. The molecule has 0 spiro atoms. The Morgan fingerprint density at radius 2 is 1.96 bits per heavy atom. The van der Waals surface area contributed by atoms with Gasteiger partial charge in [0.1, 0.15) is 6.10 Å². The van der Waals surface area contributed by atoms with E-state index in [2.05, 4.69) is 21.2 Å². The van der Waals surface area contributed by atoms with Crippen LogP contribution in [0.3, 0.4) is 0 Å². The van der Waals surface area contributed by atoms with Crippen molar-refractivity contribution in [1.29, 1.82) is 0 Å². The monoisotopic (exact) mass is 461 g/mol. The number of carbonyl (C=O) groups is 3. The van der Waals surface area contributed by atoms with Crippen LogP contribution in [0, 0.1) is 23.7 Å². The van der Waals surface area contributed by atoms with Crippen LogP contribution in [0.2, 0.25) is 0 Å². The van der Waals surface area contributed by atoms with Crippen LogP contribution in [0.5, 0.6) is 0 Å². The van der Waals surface area contributed by atoms with Crippen LogP contribution in [-0.2, 0) is 30.0 Å². The number of hydrogen-bond acceptors (Lipinski definition) is 5. The van der Waals surface area contributed by atoms with Crippen molar-refractivity contribution in [3.63, 3.8) is 0 Å². The van der Waals surface area contributed by atoms with E-state index in [9.17, 15) is 27.6 Å².